The summed E-state index contributed by atoms with van der Waals surface area (Å²) in [6, 6.07) is 16.9. The molecule has 1 aliphatic heterocycles. The van der Waals surface area contributed by atoms with Gasteiger partial charge in [0.15, 0.2) is 5.11 Å². The smallest absolute Gasteiger partial charge is 0.335 e. The molecular formula is C25H20N2O5S. The lowest BCUT2D eigenvalue weighted by Crippen LogP contribution is -2.54. The Morgan fingerprint density at radius 1 is 1.09 bits per heavy atom. The van der Waals surface area contributed by atoms with Crippen LogP contribution in [-0.2, 0) is 9.59 Å². The minimum atomic E-state index is -1.05. The van der Waals surface area contributed by atoms with Crippen molar-refractivity contribution in [3.05, 3.63) is 83.1 Å². The van der Waals surface area contributed by atoms with Crippen LogP contribution in [0.5, 0.6) is 0 Å². The van der Waals surface area contributed by atoms with Crippen molar-refractivity contribution < 1.29 is 23.9 Å². The van der Waals surface area contributed by atoms with Crippen molar-refractivity contribution in [2.75, 3.05) is 4.90 Å². The van der Waals surface area contributed by atoms with Gasteiger partial charge in [0.05, 0.1) is 11.3 Å². The van der Waals surface area contributed by atoms with Crippen LogP contribution in [-0.4, -0.2) is 28.0 Å². The topological polar surface area (TPSA) is 99.8 Å². The number of aromatic carboxylic acids is 1. The molecule has 0 aliphatic carbocycles. The van der Waals surface area contributed by atoms with Gasteiger partial charge >= 0.3 is 5.97 Å². The number of nitrogens with one attached hydrogen (secondary N) is 1. The number of carbonyl (C=O) groups is 3. The predicted molar refractivity (Wildman–Crippen MR) is 128 cm³/mol. The molecule has 1 fully saturated rings. The lowest BCUT2D eigenvalue weighted by Gasteiger charge is -2.29. The predicted octanol–water partition coefficient (Wildman–Crippen LogP) is 4.60. The number of carboxylic acids is 1. The van der Waals surface area contributed by atoms with Crippen LogP contribution in [0.4, 0.5) is 5.69 Å². The van der Waals surface area contributed by atoms with E-state index in [9.17, 15) is 19.5 Å². The van der Waals surface area contributed by atoms with Crippen LogP contribution < -0.4 is 10.2 Å². The minimum absolute atomic E-state index is 0.00469. The molecule has 2 heterocycles. The molecule has 7 nitrogen and oxygen atoms in total. The van der Waals surface area contributed by atoms with Gasteiger partial charge in [0.1, 0.15) is 17.1 Å². The number of carboxylic acid groups (broad SMARTS) is 1. The lowest BCUT2D eigenvalue weighted by molar-refractivity contribution is -0.122. The average Bonchev–Trinajstić information content (AvgIpc) is 3.26. The maximum atomic E-state index is 13.2. The molecule has 0 bridgehead atoms. The van der Waals surface area contributed by atoms with E-state index in [1.165, 1.54) is 23.1 Å². The molecule has 4 rings (SSSR count). The van der Waals surface area contributed by atoms with Crippen molar-refractivity contribution in [2.45, 2.75) is 19.8 Å². The van der Waals surface area contributed by atoms with E-state index in [4.69, 9.17) is 16.6 Å². The maximum absolute atomic E-state index is 13.2. The standard InChI is InChI=1S/C25H20N2O5S/c1-14(2)15-6-8-18(9-7-15)27-23(29)20(22(28)26-25(27)33)13-19-10-11-21(32-19)16-4-3-5-17(12-16)24(30)31/h3-14H,1-2H3,(H,30,31)(H,26,28,33)/b20-13-. The number of nitrogens with zero attached hydrogens (tertiary/aromatic N) is 1. The molecular weight excluding hydrogens is 440 g/mol. The molecule has 1 aliphatic rings. The fraction of sp³-hybridized carbons (Fsp3) is 0.120. The van der Waals surface area contributed by atoms with Crippen molar-refractivity contribution in [1.29, 1.82) is 0 Å². The van der Waals surface area contributed by atoms with Crippen LogP contribution >= 0.6 is 12.2 Å². The number of hydrogen-bond donors (Lipinski definition) is 2. The highest BCUT2D eigenvalue weighted by atomic mass is 32.1. The van der Waals surface area contributed by atoms with E-state index in [-0.39, 0.29) is 22.0 Å². The molecule has 1 aromatic heterocycles. The minimum Gasteiger partial charge on any atom is -0.478 e. The van der Waals surface area contributed by atoms with Gasteiger partial charge < -0.3 is 9.52 Å². The Bertz CT molecular complexity index is 1300. The summed E-state index contributed by atoms with van der Waals surface area (Å²) in [5.41, 5.74) is 2.22. The number of hydrogen-bond acceptors (Lipinski definition) is 5. The van der Waals surface area contributed by atoms with Gasteiger partial charge in [-0.3, -0.25) is 19.8 Å². The molecule has 0 unspecified atom stereocenters. The summed E-state index contributed by atoms with van der Waals surface area (Å²) in [4.78, 5) is 38.2. The van der Waals surface area contributed by atoms with E-state index in [1.807, 2.05) is 12.1 Å². The largest absolute Gasteiger partial charge is 0.478 e. The summed E-state index contributed by atoms with van der Waals surface area (Å²) >= 11 is 5.24. The van der Waals surface area contributed by atoms with Gasteiger partial charge in [-0.1, -0.05) is 38.1 Å². The monoisotopic (exact) mass is 460 g/mol. The van der Waals surface area contributed by atoms with Crippen LogP contribution in [0.15, 0.2) is 70.7 Å². The number of carbonyl (C=O) groups excluding carboxylic acids is 2. The first-order chi connectivity index (χ1) is 15.7. The van der Waals surface area contributed by atoms with E-state index in [1.54, 1.807) is 36.4 Å². The third-order valence-corrected chi connectivity index (χ3v) is 5.51. The maximum Gasteiger partial charge on any atom is 0.335 e. The second kappa shape index (κ2) is 8.84. The zero-order valence-corrected chi connectivity index (χ0v) is 18.7. The van der Waals surface area contributed by atoms with Crippen molar-refractivity contribution in [3.63, 3.8) is 0 Å². The van der Waals surface area contributed by atoms with Crippen molar-refractivity contribution in [1.82, 2.24) is 5.32 Å². The van der Waals surface area contributed by atoms with Gasteiger partial charge in [0.2, 0.25) is 0 Å². The summed E-state index contributed by atoms with van der Waals surface area (Å²) in [6.45, 7) is 4.14. The highest BCUT2D eigenvalue weighted by Crippen LogP contribution is 2.27. The second-order valence-corrected chi connectivity index (χ2v) is 8.18. The number of rotatable bonds is 5. The summed E-state index contributed by atoms with van der Waals surface area (Å²) in [7, 11) is 0. The third-order valence-electron chi connectivity index (χ3n) is 5.23. The Balaban J connectivity index is 1.64. The zero-order valence-electron chi connectivity index (χ0n) is 17.9. The first kappa shape index (κ1) is 22.2. The lowest BCUT2D eigenvalue weighted by atomic mass is 10.0. The summed E-state index contributed by atoms with van der Waals surface area (Å²) in [6.07, 6.45) is 1.35. The number of anilines is 1. The van der Waals surface area contributed by atoms with Crippen molar-refractivity contribution in [3.8, 4) is 11.3 Å². The van der Waals surface area contributed by atoms with Crippen molar-refractivity contribution >= 4 is 46.9 Å². The summed E-state index contributed by atoms with van der Waals surface area (Å²) in [5.74, 6) is -1.22. The van der Waals surface area contributed by atoms with Gasteiger partial charge in [-0.2, -0.15) is 0 Å². The van der Waals surface area contributed by atoms with E-state index >= 15 is 0 Å². The van der Waals surface area contributed by atoms with Crippen molar-refractivity contribution in [2.24, 2.45) is 0 Å². The van der Waals surface area contributed by atoms with E-state index in [2.05, 4.69) is 19.2 Å². The van der Waals surface area contributed by atoms with Gasteiger partial charge in [-0.05, 0) is 66.2 Å². The molecule has 0 spiro atoms. The van der Waals surface area contributed by atoms with E-state index < -0.39 is 17.8 Å². The SMILES string of the molecule is CC(C)c1ccc(N2C(=O)/C(=C\c3ccc(-c4cccc(C(=O)O)c4)o3)C(=O)NC2=S)cc1. The number of benzene rings is 2. The molecule has 0 saturated carbocycles. The summed E-state index contributed by atoms with van der Waals surface area (Å²) < 4.78 is 5.76. The average molecular weight is 461 g/mol. The van der Waals surface area contributed by atoms with Crippen LogP contribution in [0, 0.1) is 0 Å². The normalized spacial score (nSPS) is 15.3. The Hall–Kier alpha value is -4.04. The van der Waals surface area contributed by atoms with Crippen LogP contribution in [0.3, 0.4) is 0 Å². The molecule has 2 N–H and O–H groups in total. The fourth-order valence-corrected chi connectivity index (χ4v) is 3.71. The van der Waals surface area contributed by atoms with Gasteiger partial charge in [0.25, 0.3) is 11.8 Å². The van der Waals surface area contributed by atoms with Gasteiger partial charge in [-0.15, -0.1) is 0 Å². The molecule has 166 valence electrons. The Morgan fingerprint density at radius 3 is 2.48 bits per heavy atom. The van der Waals surface area contributed by atoms with Crippen LogP contribution in [0.1, 0.15) is 41.4 Å². The van der Waals surface area contributed by atoms with Gasteiger partial charge in [0, 0.05) is 5.56 Å². The third kappa shape index (κ3) is 4.47. The zero-order chi connectivity index (χ0) is 23.7. The summed E-state index contributed by atoms with van der Waals surface area (Å²) in [5, 5.41) is 11.7. The number of amides is 2. The molecule has 8 heteroatoms. The molecule has 0 atom stereocenters. The Morgan fingerprint density at radius 2 is 1.82 bits per heavy atom. The molecule has 1 saturated heterocycles. The highest BCUT2D eigenvalue weighted by Gasteiger charge is 2.34. The number of thiocarbonyl (C=S) groups is 1. The second-order valence-electron chi connectivity index (χ2n) is 7.79. The fourth-order valence-electron chi connectivity index (χ4n) is 3.43. The highest BCUT2D eigenvalue weighted by molar-refractivity contribution is 7.80. The molecule has 0 radical (unpaired) electrons. The first-order valence-electron chi connectivity index (χ1n) is 10.2. The first-order valence-corrected chi connectivity index (χ1v) is 10.6. The van der Waals surface area contributed by atoms with Gasteiger partial charge in [-0.25, -0.2) is 4.79 Å². The molecule has 2 amide bonds. The van der Waals surface area contributed by atoms with Crippen LogP contribution in [0.25, 0.3) is 17.4 Å². The Labute approximate surface area is 195 Å². The quantitative estimate of drug-likeness (QED) is 0.328. The Kier molecular flexibility index (Phi) is 5.93. The number of furan rings is 1. The van der Waals surface area contributed by atoms with E-state index in [0.29, 0.717) is 22.9 Å². The van der Waals surface area contributed by atoms with Crippen LogP contribution in [0.2, 0.25) is 0 Å². The van der Waals surface area contributed by atoms with E-state index in [0.717, 1.165) is 5.56 Å². The molecule has 3 aromatic rings. The molecule has 2 aromatic carbocycles. The molecule has 33 heavy (non-hydrogen) atoms.